The Kier molecular flexibility index (Phi) is 1.49. The fourth-order valence-electron chi connectivity index (χ4n) is 0.810. The van der Waals surface area contributed by atoms with Crippen LogP contribution in [0.15, 0.2) is 11.6 Å². The smallest absolute Gasteiger partial charge is 0.00193 e. The van der Waals surface area contributed by atoms with Gasteiger partial charge in [0.15, 0.2) is 0 Å². The van der Waals surface area contributed by atoms with Crippen molar-refractivity contribution in [2.75, 3.05) is 6.16 Å². The van der Waals surface area contributed by atoms with Gasteiger partial charge in [0.25, 0.3) is 0 Å². The van der Waals surface area contributed by atoms with Crippen LogP contribution in [-0.4, -0.2) is 6.16 Å². The van der Waals surface area contributed by atoms with Crippen LogP contribution in [0.1, 0.15) is 13.3 Å². The second-order valence-corrected chi connectivity index (χ2v) is 2.37. The second kappa shape index (κ2) is 1.96. The van der Waals surface area contributed by atoms with Crippen LogP contribution in [-0.2, 0) is 0 Å². The molecule has 0 N–H and O–H groups in total. The molecular formula is C6H11P. The summed E-state index contributed by atoms with van der Waals surface area (Å²) in [6.07, 6.45) is 4.84. The van der Waals surface area contributed by atoms with Crippen molar-refractivity contribution in [2.45, 2.75) is 13.3 Å². The van der Waals surface area contributed by atoms with E-state index < -0.39 is 0 Å². The largest absolute Gasteiger partial charge is 0.133 e. The summed E-state index contributed by atoms with van der Waals surface area (Å²) in [6, 6.07) is 0. The van der Waals surface area contributed by atoms with Gasteiger partial charge in [0.2, 0.25) is 0 Å². The molecule has 0 fully saturated rings. The average molecular weight is 114 g/mol. The van der Waals surface area contributed by atoms with Crippen molar-refractivity contribution in [3.05, 3.63) is 11.6 Å². The maximum Gasteiger partial charge on any atom is -0.00193 e. The van der Waals surface area contributed by atoms with Crippen LogP contribution < -0.4 is 0 Å². The predicted molar refractivity (Wildman–Crippen MR) is 36.4 cm³/mol. The molecule has 0 bridgehead atoms. The van der Waals surface area contributed by atoms with E-state index in [1.54, 1.807) is 5.57 Å². The minimum absolute atomic E-state index is 0.887. The normalized spacial score (nSPS) is 27.1. The van der Waals surface area contributed by atoms with E-state index in [1.165, 1.54) is 12.6 Å². The quantitative estimate of drug-likeness (QED) is 0.379. The van der Waals surface area contributed by atoms with Gasteiger partial charge >= 0.3 is 0 Å². The van der Waals surface area contributed by atoms with Crippen LogP contribution >= 0.6 is 9.24 Å². The topological polar surface area (TPSA) is 0 Å². The lowest BCUT2D eigenvalue weighted by Crippen LogP contribution is -1.75. The third kappa shape index (κ3) is 1.04. The van der Waals surface area contributed by atoms with E-state index in [0.29, 0.717) is 0 Å². The summed E-state index contributed by atoms with van der Waals surface area (Å²) in [5, 5.41) is 0. The third-order valence-electron chi connectivity index (χ3n) is 1.46. The highest BCUT2D eigenvalue weighted by Gasteiger charge is 2.19. The lowest BCUT2D eigenvalue weighted by atomic mass is 10.2. The van der Waals surface area contributed by atoms with Crippen molar-refractivity contribution in [3.63, 3.8) is 0 Å². The van der Waals surface area contributed by atoms with E-state index in [9.17, 15) is 0 Å². The molecule has 7 heavy (non-hydrogen) atoms. The van der Waals surface area contributed by atoms with Crippen molar-refractivity contribution in [1.29, 1.82) is 0 Å². The molecule has 2 unspecified atom stereocenters. The van der Waals surface area contributed by atoms with Gasteiger partial charge in [-0.15, -0.1) is 9.24 Å². The molecule has 0 amide bonds. The molecule has 2 atom stereocenters. The number of hydrogen-bond donors (Lipinski definition) is 0. The van der Waals surface area contributed by atoms with E-state index in [0.717, 1.165) is 5.92 Å². The molecule has 0 heterocycles. The van der Waals surface area contributed by atoms with E-state index in [1.807, 2.05) is 0 Å². The van der Waals surface area contributed by atoms with Gasteiger partial charge in [-0.2, -0.15) is 0 Å². The Labute approximate surface area is 47.2 Å². The summed E-state index contributed by atoms with van der Waals surface area (Å²) in [6.45, 7) is 2.23. The van der Waals surface area contributed by atoms with E-state index in [-0.39, 0.29) is 0 Å². The molecule has 0 aromatic carbocycles. The Balaban J connectivity index is 2.14. The first-order valence-corrected chi connectivity index (χ1v) is 3.60. The minimum Gasteiger partial charge on any atom is -0.133 e. The van der Waals surface area contributed by atoms with Crippen molar-refractivity contribution in [3.8, 4) is 0 Å². The summed E-state index contributed by atoms with van der Waals surface area (Å²) < 4.78 is 0. The fourth-order valence-corrected chi connectivity index (χ4v) is 1.25. The fraction of sp³-hybridized carbons (Fsp3) is 0.667. The van der Waals surface area contributed by atoms with Gasteiger partial charge in [-0.25, -0.2) is 0 Å². The Morgan fingerprint density at radius 1 is 1.86 bits per heavy atom. The first-order valence-electron chi connectivity index (χ1n) is 2.79. The average Bonchev–Trinajstić information content (AvgIpc) is 2.43. The zero-order valence-electron chi connectivity index (χ0n) is 4.65. The van der Waals surface area contributed by atoms with Crippen LogP contribution in [0.5, 0.6) is 0 Å². The second-order valence-electron chi connectivity index (χ2n) is 1.96. The SMILES string of the molecule is CCC1C=C1CP. The summed E-state index contributed by atoms with van der Waals surface area (Å²) in [5.74, 6) is 0.887. The number of allylic oxidation sites excluding steroid dienone is 2. The van der Waals surface area contributed by atoms with Gasteiger partial charge in [-0.05, 0) is 18.5 Å². The highest BCUT2D eigenvalue weighted by Crippen LogP contribution is 2.32. The molecule has 0 saturated carbocycles. The number of rotatable bonds is 2. The predicted octanol–water partition coefficient (Wildman–Crippen LogP) is 1.83. The van der Waals surface area contributed by atoms with E-state index in [2.05, 4.69) is 22.2 Å². The van der Waals surface area contributed by atoms with Crippen molar-refractivity contribution < 1.29 is 0 Å². The summed E-state index contributed by atoms with van der Waals surface area (Å²) in [4.78, 5) is 0. The van der Waals surface area contributed by atoms with Crippen LogP contribution in [0.2, 0.25) is 0 Å². The van der Waals surface area contributed by atoms with Gasteiger partial charge in [0.05, 0.1) is 0 Å². The summed E-state index contributed by atoms with van der Waals surface area (Å²) in [7, 11) is 2.74. The first-order chi connectivity index (χ1) is 3.38. The third-order valence-corrected chi connectivity index (χ3v) is 1.93. The minimum atomic E-state index is 0.887. The van der Waals surface area contributed by atoms with Crippen molar-refractivity contribution >= 4 is 9.24 Å². The first kappa shape index (κ1) is 5.31. The molecular weight excluding hydrogens is 103 g/mol. The molecule has 1 rings (SSSR count). The Morgan fingerprint density at radius 2 is 2.57 bits per heavy atom. The van der Waals surface area contributed by atoms with Crippen LogP contribution in [0.4, 0.5) is 0 Å². The van der Waals surface area contributed by atoms with Crippen LogP contribution in [0.25, 0.3) is 0 Å². The van der Waals surface area contributed by atoms with Gasteiger partial charge in [-0.3, -0.25) is 0 Å². The highest BCUT2D eigenvalue weighted by molar-refractivity contribution is 7.16. The maximum absolute atomic E-state index is 2.74. The monoisotopic (exact) mass is 114 g/mol. The molecule has 0 aliphatic heterocycles. The lowest BCUT2D eigenvalue weighted by molar-refractivity contribution is 0.838. The Bertz CT molecular complexity index is 94.4. The molecule has 1 aliphatic carbocycles. The number of hydrogen-bond acceptors (Lipinski definition) is 0. The Hall–Kier alpha value is 0.170. The summed E-state index contributed by atoms with van der Waals surface area (Å²) in [5.41, 5.74) is 1.63. The molecule has 0 radical (unpaired) electrons. The summed E-state index contributed by atoms with van der Waals surface area (Å²) >= 11 is 0. The maximum atomic E-state index is 2.74. The van der Waals surface area contributed by atoms with E-state index in [4.69, 9.17) is 0 Å². The lowest BCUT2D eigenvalue weighted by Gasteiger charge is -1.86. The van der Waals surface area contributed by atoms with Crippen LogP contribution in [0.3, 0.4) is 0 Å². The van der Waals surface area contributed by atoms with E-state index >= 15 is 0 Å². The molecule has 0 aromatic rings. The molecule has 0 nitrogen and oxygen atoms in total. The molecule has 1 aliphatic rings. The highest BCUT2D eigenvalue weighted by atomic mass is 31.0. The van der Waals surface area contributed by atoms with Gasteiger partial charge in [-0.1, -0.05) is 18.6 Å². The van der Waals surface area contributed by atoms with Crippen LogP contribution in [0, 0.1) is 5.92 Å². The van der Waals surface area contributed by atoms with Crippen molar-refractivity contribution in [1.82, 2.24) is 0 Å². The zero-order valence-corrected chi connectivity index (χ0v) is 5.80. The Morgan fingerprint density at radius 3 is 2.71 bits per heavy atom. The van der Waals surface area contributed by atoms with Gasteiger partial charge < -0.3 is 0 Å². The van der Waals surface area contributed by atoms with Gasteiger partial charge in [0.1, 0.15) is 0 Å². The molecule has 0 aromatic heterocycles. The molecule has 0 spiro atoms. The molecule has 0 saturated heterocycles. The van der Waals surface area contributed by atoms with Gasteiger partial charge in [0, 0.05) is 0 Å². The van der Waals surface area contributed by atoms with Crippen molar-refractivity contribution in [2.24, 2.45) is 5.92 Å². The molecule has 1 heteroatoms. The molecule has 40 valence electrons. The zero-order chi connectivity index (χ0) is 5.28. The standard InChI is InChI=1S/C6H11P/c1-2-5-3-6(5)4-7/h3,5H,2,4,7H2,1H3.